The first-order chi connectivity index (χ1) is 9.18. The smallest absolute Gasteiger partial charge is 0.189 e. The van der Waals surface area contributed by atoms with Crippen molar-refractivity contribution in [3.05, 3.63) is 52.5 Å². The van der Waals surface area contributed by atoms with Crippen LogP contribution >= 0.6 is 23.6 Å². The van der Waals surface area contributed by atoms with Gasteiger partial charge in [-0.3, -0.25) is 10.4 Å². The molecule has 0 aliphatic rings. The van der Waals surface area contributed by atoms with E-state index in [-0.39, 0.29) is 0 Å². The molecule has 6 heteroatoms. The van der Waals surface area contributed by atoms with E-state index in [0.717, 1.165) is 16.3 Å². The number of nitrogens with zero attached hydrogens (tertiary/aromatic N) is 3. The van der Waals surface area contributed by atoms with Gasteiger partial charge in [-0.25, -0.2) is 0 Å². The van der Waals surface area contributed by atoms with Gasteiger partial charge in [-0.15, -0.1) is 11.3 Å². The molecule has 0 spiro atoms. The van der Waals surface area contributed by atoms with Crippen molar-refractivity contribution in [1.29, 1.82) is 0 Å². The summed E-state index contributed by atoms with van der Waals surface area (Å²) in [6.07, 6.45) is 1.75. The molecule has 0 aromatic carbocycles. The molecule has 0 bridgehead atoms. The minimum absolute atomic E-state index is 0.560. The van der Waals surface area contributed by atoms with Gasteiger partial charge in [0, 0.05) is 20.3 Å². The molecule has 0 amide bonds. The van der Waals surface area contributed by atoms with E-state index in [2.05, 4.69) is 15.5 Å². The standard InChI is InChI=1S/C13H14N4S2/c1-17(2)13(18)16-15-12(11-7-5-9-19-11)10-6-3-4-8-14-10/h3-9H,1-2H3,(H,16,18). The average molecular weight is 290 g/mol. The second-order valence-corrected chi connectivity index (χ2v) is 5.30. The first kappa shape index (κ1) is 13.6. The highest BCUT2D eigenvalue weighted by molar-refractivity contribution is 7.80. The Balaban J connectivity index is 2.31. The molecule has 0 unspecified atom stereocenters. The minimum atomic E-state index is 0.560. The molecule has 19 heavy (non-hydrogen) atoms. The highest BCUT2D eigenvalue weighted by Gasteiger charge is 2.09. The van der Waals surface area contributed by atoms with Gasteiger partial charge in [-0.2, -0.15) is 5.10 Å². The van der Waals surface area contributed by atoms with Crippen LogP contribution < -0.4 is 5.43 Å². The third-order valence-electron chi connectivity index (χ3n) is 2.33. The van der Waals surface area contributed by atoms with Crippen molar-refractivity contribution in [2.45, 2.75) is 0 Å². The topological polar surface area (TPSA) is 40.5 Å². The van der Waals surface area contributed by atoms with E-state index in [0.29, 0.717) is 5.11 Å². The molecule has 98 valence electrons. The fourth-order valence-electron chi connectivity index (χ4n) is 1.36. The van der Waals surface area contributed by atoms with Crippen molar-refractivity contribution in [2.75, 3.05) is 14.1 Å². The van der Waals surface area contributed by atoms with Crippen molar-refractivity contribution in [3.63, 3.8) is 0 Å². The van der Waals surface area contributed by atoms with E-state index < -0.39 is 0 Å². The number of thiophene rings is 1. The molecule has 0 aliphatic carbocycles. The minimum Gasteiger partial charge on any atom is -0.354 e. The van der Waals surface area contributed by atoms with Crippen LogP contribution in [0.4, 0.5) is 0 Å². The van der Waals surface area contributed by atoms with Crippen LogP contribution in [0.2, 0.25) is 0 Å². The van der Waals surface area contributed by atoms with Gasteiger partial charge in [0.25, 0.3) is 0 Å². The molecule has 0 aliphatic heterocycles. The zero-order valence-corrected chi connectivity index (χ0v) is 12.3. The van der Waals surface area contributed by atoms with Crippen LogP contribution in [0.3, 0.4) is 0 Å². The largest absolute Gasteiger partial charge is 0.354 e. The maximum absolute atomic E-state index is 5.17. The summed E-state index contributed by atoms with van der Waals surface area (Å²) in [5.41, 5.74) is 4.49. The fraction of sp³-hybridized carbons (Fsp3) is 0.154. The Hall–Kier alpha value is -1.79. The summed E-state index contributed by atoms with van der Waals surface area (Å²) >= 11 is 6.78. The summed E-state index contributed by atoms with van der Waals surface area (Å²) in [7, 11) is 3.74. The zero-order valence-electron chi connectivity index (χ0n) is 10.7. The lowest BCUT2D eigenvalue weighted by Gasteiger charge is -2.13. The lowest BCUT2D eigenvalue weighted by Crippen LogP contribution is -2.31. The van der Waals surface area contributed by atoms with Gasteiger partial charge in [-0.1, -0.05) is 12.1 Å². The summed E-state index contributed by atoms with van der Waals surface area (Å²) in [5.74, 6) is 0. The normalized spacial score (nSPS) is 11.2. The molecule has 0 atom stereocenters. The van der Waals surface area contributed by atoms with E-state index in [1.54, 1.807) is 22.4 Å². The summed E-state index contributed by atoms with van der Waals surface area (Å²) in [6.45, 7) is 0. The molecule has 2 aromatic rings. The molecule has 2 heterocycles. The molecule has 2 aromatic heterocycles. The fourth-order valence-corrected chi connectivity index (χ4v) is 2.13. The van der Waals surface area contributed by atoms with Gasteiger partial charge >= 0.3 is 0 Å². The number of nitrogens with one attached hydrogen (secondary N) is 1. The summed E-state index contributed by atoms with van der Waals surface area (Å²) in [6, 6.07) is 9.75. The van der Waals surface area contributed by atoms with Crippen LogP contribution in [0.1, 0.15) is 10.6 Å². The number of hydrogen-bond donors (Lipinski definition) is 1. The maximum atomic E-state index is 5.17. The SMILES string of the molecule is CN(C)C(=S)NN=C(c1ccccn1)c1cccs1. The lowest BCUT2D eigenvalue weighted by atomic mass is 10.2. The number of hydrazone groups is 1. The van der Waals surface area contributed by atoms with Crippen molar-refractivity contribution >= 4 is 34.4 Å². The monoisotopic (exact) mass is 290 g/mol. The zero-order chi connectivity index (χ0) is 13.7. The second kappa shape index (κ2) is 6.40. The Morgan fingerprint density at radius 3 is 2.74 bits per heavy atom. The predicted molar refractivity (Wildman–Crippen MR) is 83.6 cm³/mol. The molecule has 0 fully saturated rings. The summed E-state index contributed by atoms with van der Waals surface area (Å²) < 4.78 is 0. The van der Waals surface area contributed by atoms with Crippen molar-refractivity contribution in [3.8, 4) is 0 Å². The average Bonchev–Trinajstić information content (AvgIpc) is 2.94. The van der Waals surface area contributed by atoms with Crippen molar-refractivity contribution in [2.24, 2.45) is 5.10 Å². The van der Waals surface area contributed by atoms with Crippen LogP contribution in [-0.2, 0) is 0 Å². The van der Waals surface area contributed by atoms with Crippen molar-refractivity contribution < 1.29 is 0 Å². The van der Waals surface area contributed by atoms with Gasteiger partial charge < -0.3 is 4.90 Å². The highest BCUT2D eigenvalue weighted by Crippen LogP contribution is 2.14. The lowest BCUT2D eigenvalue weighted by molar-refractivity contribution is 0.606. The van der Waals surface area contributed by atoms with Gasteiger partial charge in [0.1, 0.15) is 5.71 Å². The van der Waals surface area contributed by atoms with E-state index >= 15 is 0 Å². The molecular formula is C13H14N4S2. The first-order valence-electron chi connectivity index (χ1n) is 5.69. The number of thiocarbonyl (C=S) groups is 1. The van der Waals surface area contributed by atoms with Crippen LogP contribution in [0.25, 0.3) is 0 Å². The van der Waals surface area contributed by atoms with Crippen LogP contribution in [0, 0.1) is 0 Å². The Morgan fingerprint density at radius 1 is 1.32 bits per heavy atom. The van der Waals surface area contributed by atoms with Gasteiger partial charge in [0.05, 0.1) is 10.6 Å². The third-order valence-corrected chi connectivity index (χ3v) is 3.66. The third kappa shape index (κ3) is 3.59. The Bertz CT molecular complexity index is 562. The molecule has 1 N–H and O–H groups in total. The molecule has 0 saturated heterocycles. The Morgan fingerprint density at radius 2 is 2.16 bits per heavy atom. The highest BCUT2D eigenvalue weighted by atomic mass is 32.1. The molecular weight excluding hydrogens is 276 g/mol. The van der Waals surface area contributed by atoms with Crippen LogP contribution in [-0.4, -0.2) is 34.8 Å². The van der Waals surface area contributed by atoms with Crippen molar-refractivity contribution in [1.82, 2.24) is 15.3 Å². The first-order valence-corrected chi connectivity index (χ1v) is 6.97. The Labute approximate surface area is 121 Å². The number of pyridine rings is 1. The van der Waals surface area contributed by atoms with Gasteiger partial charge in [0.2, 0.25) is 0 Å². The molecule has 0 saturated carbocycles. The molecule has 0 radical (unpaired) electrons. The van der Waals surface area contributed by atoms with E-state index in [1.807, 2.05) is 49.8 Å². The van der Waals surface area contributed by atoms with Gasteiger partial charge in [-0.05, 0) is 35.8 Å². The predicted octanol–water partition coefficient (Wildman–Crippen LogP) is 2.33. The van der Waals surface area contributed by atoms with E-state index in [9.17, 15) is 0 Å². The summed E-state index contributed by atoms with van der Waals surface area (Å²) in [5, 5.41) is 6.96. The van der Waals surface area contributed by atoms with Crippen LogP contribution in [0.5, 0.6) is 0 Å². The van der Waals surface area contributed by atoms with E-state index in [1.165, 1.54) is 0 Å². The summed E-state index contributed by atoms with van der Waals surface area (Å²) in [4.78, 5) is 7.18. The van der Waals surface area contributed by atoms with Gasteiger partial charge in [0.15, 0.2) is 5.11 Å². The van der Waals surface area contributed by atoms with E-state index in [4.69, 9.17) is 12.2 Å². The number of hydrogen-bond acceptors (Lipinski definition) is 4. The quantitative estimate of drug-likeness (QED) is 0.535. The number of rotatable bonds is 3. The molecule has 4 nitrogen and oxygen atoms in total. The molecule has 2 rings (SSSR count). The van der Waals surface area contributed by atoms with Crippen LogP contribution in [0.15, 0.2) is 47.0 Å². The number of aromatic nitrogens is 1. The Kier molecular flexibility index (Phi) is 4.59. The second-order valence-electron chi connectivity index (χ2n) is 3.96. The maximum Gasteiger partial charge on any atom is 0.189 e.